The molecule has 5 heteroatoms. The molecule has 1 fully saturated rings. The van der Waals surface area contributed by atoms with Gasteiger partial charge in [-0.05, 0) is 33.0 Å². The van der Waals surface area contributed by atoms with Crippen molar-refractivity contribution in [1.29, 1.82) is 0 Å². The molecule has 100 valence electrons. The summed E-state index contributed by atoms with van der Waals surface area (Å²) in [4.78, 5) is 15.4. The van der Waals surface area contributed by atoms with Crippen LogP contribution in [0.25, 0.3) is 0 Å². The summed E-state index contributed by atoms with van der Waals surface area (Å²) in [5.41, 5.74) is 0. The number of hydrogen-bond donors (Lipinski definition) is 1. The van der Waals surface area contributed by atoms with Crippen molar-refractivity contribution in [2.45, 2.75) is 32.5 Å². The van der Waals surface area contributed by atoms with Gasteiger partial charge in [0.15, 0.2) is 0 Å². The highest BCUT2D eigenvalue weighted by atomic mass is 16.4. The second-order valence-corrected chi connectivity index (χ2v) is 5.13. The zero-order chi connectivity index (χ0) is 13.3. The topological polar surface area (TPSA) is 56.9 Å². The van der Waals surface area contributed by atoms with Crippen molar-refractivity contribution in [3.8, 4) is 0 Å². The number of furan rings is 1. The Morgan fingerprint density at radius 1 is 1.39 bits per heavy atom. The third kappa shape index (κ3) is 2.73. The van der Waals surface area contributed by atoms with Crippen LogP contribution in [0.4, 0.5) is 0 Å². The summed E-state index contributed by atoms with van der Waals surface area (Å²) < 4.78 is 5.29. The molecular weight excluding hydrogens is 232 g/mol. The summed E-state index contributed by atoms with van der Waals surface area (Å²) in [6.45, 7) is 7.03. The first-order chi connectivity index (χ1) is 8.47. The number of nitrogens with zero attached hydrogens (tertiary/aromatic N) is 2. The second-order valence-electron chi connectivity index (χ2n) is 5.13. The van der Waals surface area contributed by atoms with Gasteiger partial charge in [-0.2, -0.15) is 0 Å². The van der Waals surface area contributed by atoms with E-state index in [4.69, 9.17) is 9.52 Å². The number of hydrogen-bond acceptors (Lipinski definition) is 4. The molecule has 0 amide bonds. The summed E-state index contributed by atoms with van der Waals surface area (Å²) >= 11 is 0. The standard InChI is InChI=1S/C13H20N2O3/c1-9-6-15(7-10(2)14(9)3)8-11-4-5-12(18-11)13(16)17/h4-5,9-10H,6-8H2,1-3H3,(H,16,17). The minimum Gasteiger partial charge on any atom is -0.475 e. The van der Waals surface area contributed by atoms with E-state index >= 15 is 0 Å². The molecule has 0 radical (unpaired) electrons. The lowest BCUT2D eigenvalue weighted by Crippen LogP contribution is -2.54. The van der Waals surface area contributed by atoms with Crippen LogP contribution in [0.5, 0.6) is 0 Å². The number of carboxylic acid groups (broad SMARTS) is 1. The van der Waals surface area contributed by atoms with Crippen molar-refractivity contribution in [3.05, 3.63) is 23.7 Å². The minimum absolute atomic E-state index is 0.0141. The molecule has 1 aliphatic rings. The minimum atomic E-state index is -1.01. The molecule has 5 nitrogen and oxygen atoms in total. The first-order valence-corrected chi connectivity index (χ1v) is 6.23. The van der Waals surface area contributed by atoms with E-state index in [0.717, 1.165) is 18.8 Å². The third-order valence-electron chi connectivity index (χ3n) is 3.69. The monoisotopic (exact) mass is 252 g/mol. The molecule has 2 heterocycles. The molecule has 1 aliphatic heterocycles. The van der Waals surface area contributed by atoms with Crippen LogP contribution in [-0.2, 0) is 6.54 Å². The lowest BCUT2D eigenvalue weighted by molar-refractivity contribution is 0.0505. The van der Waals surface area contributed by atoms with Crippen molar-refractivity contribution in [3.63, 3.8) is 0 Å². The highest BCUT2D eigenvalue weighted by molar-refractivity contribution is 5.84. The zero-order valence-electron chi connectivity index (χ0n) is 11.1. The molecule has 2 rings (SSSR count). The van der Waals surface area contributed by atoms with Crippen LogP contribution in [0.1, 0.15) is 30.2 Å². The summed E-state index contributed by atoms with van der Waals surface area (Å²) in [6, 6.07) is 4.27. The van der Waals surface area contributed by atoms with Crippen LogP contribution in [0.15, 0.2) is 16.5 Å². The highest BCUT2D eigenvalue weighted by Gasteiger charge is 2.26. The Morgan fingerprint density at radius 3 is 2.50 bits per heavy atom. The molecule has 0 spiro atoms. The molecule has 1 aromatic heterocycles. The van der Waals surface area contributed by atoms with E-state index in [0.29, 0.717) is 18.6 Å². The number of piperazine rings is 1. The molecule has 0 bridgehead atoms. The summed E-state index contributed by atoms with van der Waals surface area (Å²) in [5.74, 6) is -0.280. The van der Waals surface area contributed by atoms with Gasteiger partial charge in [0.2, 0.25) is 5.76 Å². The summed E-state index contributed by atoms with van der Waals surface area (Å²) in [6.07, 6.45) is 0. The van der Waals surface area contributed by atoms with E-state index in [1.807, 2.05) is 0 Å². The van der Waals surface area contributed by atoms with Gasteiger partial charge in [0.1, 0.15) is 5.76 Å². The van der Waals surface area contributed by atoms with Gasteiger partial charge in [0, 0.05) is 25.2 Å². The Bertz CT molecular complexity index is 418. The molecule has 2 unspecified atom stereocenters. The molecule has 18 heavy (non-hydrogen) atoms. The van der Waals surface area contributed by atoms with Crippen LogP contribution in [0.2, 0.25) is 0 Å². The van der Waals surface area contributed by atoms with Crippen molar-refractivity contribution in [2.24, 2.45) is 0 Å². The molecule has 1 saturated heterocycles. The largest absolute Gasteiger partial charge is 0.475 e. The van der Waals surface area contributed by atoms with Crippen LogP contribution in [0, 0.1) is 0 Å². The van der Waals surface area contributed by atoms with Gasteiger partial charge in [-0.25, -0.2) is 4.79 Å². The first kappa shape index (κ1) is 13.1. The molecule has 0 aromatic carbocycles. The normalized spacial score (nSPS) is 26.4. The quantitative estimate of drug-likeness (QED) is 0.883. The molecular formula is C13H20N2O3. The van der Waals surface area contributed by atoms with Crippen molar-refractivity contribution >= 4 is 5.97 Å². The van der Waals surface area contributed by atoms with E-state index in [1.165, 1.54) is 6.07 Å². The maximum atomic E-state index is 10.7. The van der Waals surface area contributed by atoms with E-state index in [2.05, 4.69) is 30.7 Å². The molecule has 0 saturated carbocycles. The Labute approximate surface area is 107 Å². The SMILES string of the molecule is CC1CN(Cc2ccc(C(=O)O)o2)CC(C)N1C. The maximum Gasteiger partial charge on any atom is 0.371 e. The number of aromatic carboxylic acids is 1. The molecule has 2 atom stereocenters. The number of carboxylic acids is 1. The van der Waals surface area contributed by atoms with E-state index in [-0.39, 0.29) is 5.76 Å². The fourth-order valence-electron chi connectivity index (χ4n) is 2.44. The van der Waals surface area contributed by atoms with E-state index < -0.39 is 5.97 Å². The average molecular weight is 252 g/mol. The lowest BCUT2D eigenvalue weighted by Gasteiger charge is -2.42. The third-order valence-corrected chi connectivity index (χ3v) is 3.69. The predicted octanol–water partition coefficient (Wildman–Crippen LogP) is 1.50. The fraction of sp³-hybridized carbons (Fsp3) is 0.615. The van der Waals surface area contributed by atoms with Crippen LogP contribution >= 0.6 is 0 Å². The van der Waals surface area contributed by atoms with Crippen LogP contribution < -0.4 is 0 Å². The van der Waals surface area contributed by atoms with Gasteiger partial charge in [-0.15, -0.1) is 0 Å². The van der Waals surface area contributed by atoms with Gasteiger partial charge >= 0.3 is 5.97 Å². The van der Waals surface area contributed by atoms with Gasteiger partial charge < -0.3 is 9.52 Å². The van der Waals surface area contributed by atoms with Crippen LogP contribution in [0.3, 0.4) is 0 Å². The lowest BCUT2D eigenvalue weighted by atomic mass is 10.1. The number of rotatable bonds is 3. The second kappa shape index (κ2) is 5.12. The van der Waals surface area contributed by atoms with Crippen molar-refractivity contribution in [2.75, 3.05) is 20.1 Å². The van der Waals surface area contributed by atoms with Gasteiger partial charge in [-0.3, -0.25) is 9.80 Å². The summed E-state index contributed by atoms with van der Waals surface area (Å²) in [5, 5.41) is 8.81. The zero-order valence-corrected chi connectivity index (χ0v) is 11.1. The fourth-order valence-corrected chi connectivity index (χ4v) is 2.44. The smallest absolute Gasteiger partial charge is 0.371 e. The molecule has 1 N–H and O–H groups in total. The van der Waals surface area contributed by atoms with Crippen molar-refractivity contribution < 1.29 is 14.3 Å². The van der Waals surface area contributed by atoms with E-state index in [9.17, 15) is 4.79 Å². The van der Waals surface area contributed by atoms with Crippen molar-refractivity contribution in [1.82, 2.24) is 9.80 Å². The van der Waals surface area contributed by atoms with Gasteiger partial charge in [0.05, 0.1) is 6.54 Å². The Balaban J connectivity index is 1.99. The van der Waals surface area contributed by atoms with Gasteiger partial charge in [0.25, 0.3) is 0 Å². The average Bonchev–Trinajstić information content (AvgIpc) is 2.74. The highest BCUT2D eigenvalue weighted by Crippen LogP contribution is 2.17. The molecule has 0 aliphatic carbocycles. The maximum absolute atomic E-state index is 10.7. The van der Waals surface area contributed by atoms with Gasteiger partial charge in [-0.1, -0.05) is 0 Å². The number of carbonyl (C=O) groups is 1. The first-order valence-electron chi connectivity index (χ1n) is 6.23. The number of likely N-dealkylation sites (N-methyl/N-ethyl adjacent to an activating group) is 1. The Kier molecular flexibility index (Phi) is 3.73. The Morgan fingerprint density at radius 2 is 2.00 bits per heavy atom. The Hall–Kier alpha value is -1.33. The summed E-state index contributed by atoms with van der Waals surface area (Å²) in [7, 11) is 2.14. The van der Waals surface area contributed by atoms with E-state index in [1.54, 1.807) is 6.07 Å². The predicted molar refractivity (Wildman–Crippen MR) is 67.6 cm³/mol. The molecule has 1 aromatic rings. The van der Waals surface area contributed by atoms with Crippen LogP contribution in [-0.4, -0.2) is 53.1 Å².